The van der Waals surface area contributed by atoms with Gasteiger partial charge < -0.3 is 10.6 Å². The van der Waals surface area contributed by atoms with Crippen LogP contribution in [0.15, 0.2) is 66.7 Å². The first-order chi connectivity index (χ1) is 16.5. The lowest BCUT2D eigenvalue weighted by molar-refractivity contribution is 0.0925. The third-order valence-corrected chi connectivity index (χ3v) is 6.51. The van der Waals surface area contributed by atoms with E-state index in [0.29, 0.717) is 17.8 Å². The van der Waals surface area contributed by atoms with Crippen LogP contribution in [0.1, 0.15) is 50.8 Å². The minimum Gasteiger partial charge on any atom is -0.350 e. The van der Waals surface area contributed by atoms with Crippen LogP contribution in [0.4, 0.5) is 10.1 Å². The minimum atomic E-state index is -0.586. The smallest absolute Gasteiger partial charge is 0.258 e. The van der Waals surface area contributed by atoms with E-state index in [-0.39, 0.29) is 17.5 Å². The summed E-state index contributed by atoms with van der Waals surface area (Å²) in [6.07, 6.45) is 1.95. The summed E-state index contributed by atoms with van der Waals surface area (Å²) in [7, 11) is 0. The molecule has 6 heteroatoms. The van der Waals surface area contributed by atoms with E-state index in [9.17, 15) is 14.0 Å². The molecular weight excluding hydrogens is 429 g/mol. The number of aryl methyl sites for hydroxylation is 1. The van der Waals surface area contributed by atoms with Crippen molar-refractivity contribution in [2.75, 3.05) is 18.4 Å². The molecule has 34 heavy (non-hydrogen) atoms. The standard InChI is InChI=1S/C28H30FN3O2/c1-3-23(32-15-14-20-8-4-5-9-22(20)18-32)17-30-27(33)21-13-12-19(2)26(16-21)31-28(34)24-10-6-7-11-25(24)29/h4-13,16,23H,3,14-15,17-18H2,1-2H3,(H,30,33)(H,31,34). The average Bonchev–Trinajstić information content (AvgIpc) is 2.85. The van der Waals surface area contributed by atoms with Gasteiger partial charge in [0.25, 0.3) is 11.8 Å². The number of hydrogen-bond acceptors (Lipinski definition) is 3. The fourth-order valence-corrected chi connectivity index (χ4v) is 4.41. The molecule has 0 saturated heterocycles. The van der Waals surface area contributed by atoms with Crippen molar-refractivity contribution in [1.29, 1.82) is 0 Å². The van der Waals surface area contributed by atoms with Gasteiger partial charge >= 0.3 is 0 Å². The number of benzene rings is 3. The molecule has 3 aromatic carbocycles. The summed E-state index contributed by atoms with van der Waals surface area (Å²) >= 11 is 0. The quantitative estimate of drug-likeness (QED) is 0.525. The molecule has 176 valence electrons. The van der Waals surface area contributed by atoms with Crippen LogP contribution in [0, 0.1) is 12.7 Å². The third kappa shape index (κ3) is 5.34. The largest absolute Gasteiger partial charge is 0.350 e. The molecule has 0 aromatic heterocycles. The highest BCUT2D eigenvalue weighted by Crippen LogP contribution is 2.22. The van der Waals surface area contributed by atoms with Gasteiger partial charge in [0.2, 0.25) is 0 Å². The van der Waals surface area contributed by atoms with E-state index in [1.54, 1.807) is 24.3 Å². The van der Waals surface area contributed by atoms with Crippen LogP contribution < -0.4 is 10.6 Å². The van der Waals surface area contributed by atoms with Crippen molar-refractivity contribution in [3.63, 3.8) is 0 Å². The van der Waals surface area contributed by atoms with E-state index in [4.69, 9.17) is 0 Å². The van der Waals surface area contributed by atoms with E-state index in [0.717, 1.165) is 31.5 Å². The molecular formula is C28H30FN3O2. The maximum Gasteiger partial charge on any atom is 0.258 e. The van der Waals surface area contributed by atoms with Crippen molar-refractivity contribution in [2.24, 2.45) is 0 Å². The predicted octanol–water partition coefficient (Wildman–Crippen LogP) is 4.95. The monoisotopic (exact) mass is 459 g/mol. The van der Waals surface area contributed by atoms with Gasteiger partial charge in [0.05, 0.1) is 5.56 Å². The van der Waals surface area contributed by atoms with Gasteiger partial charge in [0.1, 0.15) is 5.82 Å². The fourth-order valence-electron chi connectivity index (χ4n) is 4.41. The highest BCUT2D eigenvalue weighted by molar-refractivity contribution is 6.05. The van der Waals surface area contributed by atoms with Crippen molar-refractivity contribution in [3.05, 3.63) is 100 Å². The van der Waals surface area contributed by atoms with Gasteiger partial charge in [-0.2, -0.15) is 0 Å². The third-order valence-electron chi connectivity index (χ3n) is 6.51. The molecule has 0 fully saturated rings. The lowest BCUT2D eigenvalue weighted by atomic mass is 9.98. The Labute approximate surface area is 200 Å². The van der Waals surface area contributed by atoms with Gasteiger partial charge in [-0.05, 0) is 60.7 Å². The molecule has 1 atom stereocenters. The highest BCUT2D eigenvalue weighted by atomic mass is 19.1. The summed E-state index contributed by atoms with van der Waals surface area (Å²) in [5.41, 5.74) is 4.45. The Morgan fingerprint density at radius 3 is 2.50 bits per heavy atom. The van der Waals surface area contributed by atoms with Crippen molar-refractivity contribution < 1.29 is 14.0 Å². The van der Waals surface area contributed by atoms with Gasteiger partial charge in [0.15, 0.2) is 0 Å². The molecule has 5 nitrogen and oxygen atoms in total. The first-order valence-electron chi connectivity index (χ1n) is 11.7. The Hall–Kier alpha value is -3.51. The van der Waals surface area contributed by atoms with Crippen LogP contribution >= 0.6 is 0 Å². The number of fused-ring (bicyclic) bond motifs is 1. The normalized spacial score (nSPS) is 14.2. The number of carbonyl (C=O) groups is 2. The topological polar surface area (TPSA) is 61.4 Å². The molecule has 0 bridgehead atoms. The maximum atomic E-state index is 14.0. The molecule has 3 aromatic rings. The van der Waals surface area contributed by atoms with Crippen LogP contribution in [0.2, 0.25) is 0 Å². The van der Waals surface area contributed by atoms with Gasteiger partial charge in [-0.25, -0.2) is 4.39 Å². The van der Waals surface area contributed by atoms with E-state index in [1.807, 2.05) is 6.92 Å². The van der Waals surface area contributed by atoms with Gasteiger partial charge in [0, 0.05) is 36.9 Å². The minimum absolute atomic E-state index is 0.0364. The lowest BCUT2D eigenvalue weighted by Gasteiger charge is -2.35. The Balaban J connectivity index is 1.40. The van der Waals surface area contributed by atoms with Gasteiger partial charge in [-0.15, -0.1) is 0 Å². The fraction of sp³-hybridized carbons (Fsp3) is 0.286. The van der Waals surface area contributed by atoms with Crippen molar-refractivity contribution >= 4 is 17.5 Å². The summed E-state index contributed by atoms with van der Waals surface area (Å²) in [5, 5.41) is 5.79. The molecule has 1 heterocycles. The zero-order chi connectivity index (χ0) is 24.1. The molecule has 0 spiro atoms. The van der Waals surface area contributed by atoms with Crippen LogP contribution in [-0.4, -0.2) is 35.8 Å². The van der Waals surface area contributed by atoms with Gasteiger partial charge in [-0.3, -0.25) is 14.5 Å². The zero-order valence-corrected chi connectivity index (χ0v) is 19.6. The maximum absolute atomic E-state index is 14.0. The Bertz CT molecular complexity index is 1190. The van der Waals surface area contributed by atoms with Crippen LogP contribution in [0.3, 0.4) is 0 Å². The Morgan fingerprint density at radius 2 is 1.74 bits per heavy atom. The second-order valence-corrected chi connectivity index (χ2v) is 8.72. The number of nitrogens with one attached hydrogen (secondary N) is 2. The summed E-state index contributed by atoms with van der Waals surface area (Å²) in [6, 6.07) is 19.7. The number of rotatable bonds is 7. The lowest BCUT2D eigenvalue weighted by Crippen LogP contribution is -2.45. The van der Waals surface area contributed by atoms with Crippen LogP contribution in [-0.2, 0) is 13.0 Å². The Morgan fingerprint density at radius 1 is 1.00 bits per heavy atom. The zero-order valence-electron chi connectivity index (χ0n) is 19.6. The SMILES string of the molecule is CCC(CNC(=O)c1ccc(C)c(NC(=O)c2ccccc2F)c1)N1CCc2ccccc2C1. The molecule has 4 rings (SSSR count). The molecule has 1 unspecified atom stereocenters. The van der Waals surface area contributed by atoms with E-state index >= 15 is 0 Å². The molecule has 2 N–H and O–H groups in total. The number of nitrogens with zero attached hydrogens (tertiary/aromatic N) is 1. The van der Waals surface area contributed by atoms with E-state index < -0.39 is 11.7 Å². The van der Waals surface area contributed by atoms with Crippen molar-refractivity contribution in [2.45, 2.75) is 39.3 Å². The number of carbonyl (C=O) groups excluding carboxylic acids is 2. The van der Waals surface area contributed by atoms with E-state index in [1.165, 1.54) is 29.3 Å². The number of amides is 2. The average molecular weight is 460 g/mol. The van der Waals surface area contributed by atoms with Crippen LogP contribution in [0.25, 0.3) is 0 Å². The van der Waals surface area contributed by atoms with Gasteiger partial charge in [-0.1, -0.05) is 49.4 Å². The number of halogens is 1. The Kier molecular flexibility index (Phi) is 7.38. The molecule has 1 aliphatic heterocycles. The molecule has 2 amide bonds. The van der Waals surface area contributed by atoms with Crippen molar-refractivity contribution in [3.8, 4) is 0 Å². The number of hydrogen-bond donors (Lipinski definition) is 2. The molecule has 0 aliphatic carbocycles. The van der Waals surface area contributed by atoms with E-state index in [2.05, 4.69) is 46.7 Å². The summed E-state index contributed by atoms with van der Waals surface area (Å²) in [4.78, 5) is 27.9. The summed E-state index contributed by atoms with van der Waals surface area (Å²) < 4.78 is 14.0. The first kappa shape index (κ1) is 23.6. The molecule has 0 radical (unpaired) electrons. The molecule has 0 saturated carbocycles. The second-order valence-electron chi connectivity index (χ2n) is 8.72. The summed E-state index contributed by atoms with van der Waals surface area (Å²) in [5.74, 6) is -1.33. The number of anilines is 1. The highest BCUT2D eigenvalue weighted by Gasteiger charge is 2.23. The summed E-state index contributed by atoms with van der Waals surface area (Å²) in [6.45, 7) is 6.38. The first-order valence-corrected chi connectivity index (χ1v) is 11.7. The van der Waals surface area contributed by atoms with Crippen molar-refractivity contribution in [1.82, 2.24) is 10.2 Å². The predicted molar refractivity (Wildman–Crippen MR) is 133 cm³/mol. The van der Waals surface area contributed by atoms with Crippen LogP contribution in [0.5, 0.6) is 0 Å². The molecule has 1 aliphatic rings. The second kappa shape index (κ2) is 10.6.